The van der Waals surface area contributed by atoms with Crippen molar-refractivity contribution in [2.75, 3.05) is 18.6 Å². The largest absolute Gasteiger partial charge is 0.314 e. The molecule has 1 rings (SSSR count). The zero-order valence-corrected chi connectivity index (χ0v) is 12.5. The van der Waals surface area contributed by atoms with Crippen LogP contribution in [0.5, 0.6) is 0 Å². The molecular weight excluding hydrogens is 258 g/mol. The fourth-order valence-corrected chi connectivity index (χ4v) is 3.78. The van der Waals surface area contributed by atoms with Crippen LogP contribution in [0.3, 0.4) is 0 Å². The van der Waals surface area contributed by atoms with Gasteiger partial charge in [-0.05, 0) is 32.6 Å². The maximum Gasteiger partial charge on any atom is 0.175 e. The standard InChI is InChI=1S/C10H19N3S3/c1-4-6-11-8(2)5-7-15-10-13-12-9(14-3)16-10/h8,11H,4-7H2,1-3H3. The summed E-state index contributed by atoms with van der Waals surface area (Å²) in [5, 5.41) is 11.7. The fourth-order valence-electron chi connectivity index (χ4n) is 1.15. The summed E-state index contributed by atoms with van der Waals surface area (Å²) < 4.78 is 2.15. The quantitative estimate of drug-likeness (QED) is 0.739. The number of hydrogen-bond acceptors (Lipinski definition) is 6. The van der Waals surface area contributed by atoms with Crippen LogP contribution in [0.4, 0.5) is 0 Å². The summed E-state index contributed by atoms with van der Waals surface area (Å²) in [6.07, 6.45) is 4.41. The molecule has 1 heterocycles. The van der Waals surface area contributed by atoms with Crippen LogP contribution in [0.25, 0.3) is 0 Å². The van der Waals surface area contributed by atoms with Gasteiger partial charge in [-0.1, -0.05) is 41.8 Å². The maximum absolute atomic E-state index is 4.14. The van der Waals surface area contributed by atoms with Gasteiger partial charge in [0.15, 0.2) is 8.68 Å². The van der Waals surface area contributed by atoms with Gasteiger partial charge < -0.3 is 5.32 Å². The third kappa shape index (κ3) is 5.52. The average molecular weight is 277 g/mol. The molecule has 0 aromatic carbocycles. The summed E-state index contributed by atoms with van der Waals surface area (Å²) >= 11 is 5.16. The van der Waals surface area contributed by atoms with E-state index < -0.39 is 0 Å². The molecule has 0 fully saturated rings. The molecule has 16 heavy (non-hydrogen) atoms. The van der Waals surface area contributed by atoms with Gasteiger partial charge >= 0.3 is 0 Å². The molecule has 0 aliphatic carbocycles. The van der Waals surface area contributed by atoms with E-state index in [1.165, 1.54) is 12.8 Å². The third-order valence-electron chi connectivity index (χ3n) is 2.08. The molecule has 1 aromatic rings. The first kappa shape index (κ1) is 14.3. The van der Waals surface area contributed by atoms with Crippen molar-refractivity contribution in [3.63, 3.8) is 0 Å². The molecule has 0 amide bonds. The molecule has 0 saturated heterocycles. The number of nitrogens with one attached hydrogen (secondary N) is 1. The molecule has 0 aliphatic rings. The SMILES string of the molecule is CCCNC(C)CCSc1nnc(SC)s1. The second-order valence-corrected chi connectivity index (χ2v) is 6.90. The molecule has 0 aliphatic heterocycles. The summed E-state index contributed by atoms with van der Waals surface area (Å²) in [5.74, 6) is 1.11. The van der Waals surface area contributed by atoms with E-state index in [0.29, 0.717) is 6.04 Å². The molecule has 0 saturated carbocycles. The number of aromatic nitrogens is 2. The molecule has 0 bridgehead atoms. The Morgan fingerprint density at radius 3 is 2.75 bits per heavy atom. The van der Waals surface area contributed by atoms with Crippen LogP contribution in [0.1, 0.15) is 26.7 Å². The Morgan fingerprint density at radius 2 is 2.12 bits per heavy atom. The van der Waals surface area contributed by atoms with Crippen molar-refractivity contribution in [3.8, 4) is 0 Å². The van der Waals surface area contributed by atoms with Crippen molar-refractivity contribution in [1.29, 1.82) is 0 Å². The number of nitrogens with zero attached hydrogens (tertiary/aromatic N) is 2. The lowest BCUT2D eigenvalue weighted by Crippen LogP contribution is -2.27. The van der Waals surface area contributed by atoms with Gasteiger partial charge in [-0.25, -0.2) is 0 Å². The lowest BCUT2D eigenvalue weighted by Gasteiger charge is -2.11. The Kier molecular flexibility index (Phi) is 7.44. The van der Waals surface area contributed by atoms with E-state index in [1.807, 2.05) is 18.0 Å². The summed E-state index contributed by atoms with van der Waals surface area (Å²) in [7, 11) is 0. The van der Waals surface area contributed by atoms with Crippen LogP contribution >= 0.6 is 34.9 Å². The molecule has 3 nitrogen and oxygen atoms in total. The van der Waals surface area contributed by atoms with Gasteiger partial charge in [0.05, 0.1) is 0 Å². The average Bonchev–Trinajstić information content (AvgIpc) is 2.74. The third-order valence-corrected chi connectivity index (χ3v) is 5.15. The molecule has 1 aromatic heterocycles. The first-order valence-corrected chi connectivity index (χ1v) is 8.52. The van der Waals surface area contributed by atoms with Crippen LogP contribution < -0.4 is 5.32 Å². The fraction of sp³-hybridized carbons (Fsp3) is 0.800. The minimum Gasteiger partial charge on any atom is -0.314 e. The van der Waals surface area contributed by atoms with Crippen LogP contribution in [-0.2, 0) is 0 Å². The lowest BCUT2D eigenvalue weighted by atomic mass is 10.2. The van der Waals surface area contributed by atoms with Gasteiger partial charge in [0.25, 0.3) is 0 Å². The smallest absolute Gasteiger partial charge is 0.175 e. The molecule has 0 spiro atoms. The van der Waals surface area contributed by atoms with Crippen LogP contribution in [0, 0.1) is 0 Å². The van der Waals surface area contributed by atoms with E-state index in [9.17, 15) is 0 Å². The van der Waals surface area contributed by atoms with E-state index in [1.54, 1.807) is 23.1 Å². The summed E-state index contributed by atoms with van der Waals surface area (Å²) in [4.78, 5) is 0. The first-order valence-electron chi connectivity index (χ1n) is 5.50. The zero-order chi connectivity index (χ0) is 11.8. The second kappa shape index (κ2) is 8.33. The van der Waals surface area contributed by atoms with Gasteiger partial charge in [0.1, 0.15) is 0 Å². The molecule has 1 atom stereocenters. The normalized spacial score (nSPS) is 12.9. The predicted molar refractivity (Wildman–Crippen MR) is 74.8 cm³/mol. The summed E-state index contributed by atoms with van der Waals surface area (Å²) in [6.45, 7) is 5.55. The van der Waals surface area contributed by atoms with E-state index in [0.717, 1.165) is 21.0 Å². The van der Waals surface area contributed by atoms with E-state index in [4.69, 9.17) is 0 Å². The predicted octanol–water partition coefficient (Wildman–Crippen LogP) is 3.13. The van der Waals surface area contributed by atoms with Crippen LogP contribution in [0.2, 0.25) is 0 Å². The van der Waals surface area contributed by atoms with Crippen LogP contribution in [0.15, 0.2) is 8.68 Å². The Labute approximate surface area is 110 Å². The highest BCUT2D eigenvalue weighted by molar-refractivity contribution is 8.02. The second-order valence-electron chi connectivity index (χ2n) is 3.53. The summed E-state index contributed by atoms with van der Waals surface area (Å²) in [5.41, 5.74) is 0. The number of thioether (sulfide) groups is 2. The minimum absolute atomic E-state index is 0.598. The van der Waals surface area contributed by atoms with Gasteiger partial charge in [0, 0.05) is 11.8 Å². The summed E-state index contributed by atoms with van der Waals surface area (Å²) in [6, 6.07) is 0.598. The van der Waals surface area contributed by atoms with Crippen molar-refractivity contribution in [2.24, 2.45) is 0 Å². The van der Waals surface area contributed by atoms with Gasteiger partial charge in [-0.15, -0.1) is 10.2 Å². The van der Waals surface area contributed by atoms with E-state index >= 15 is 0 Å². The molecule has 0 radical (unpaired) electrons. The Balaban J connectivity index is 2.14. The Bertz CT molecular complexity index is 291. The highest BCUT2D eigenvalue weighted by Crippen LogP contribution is 2.27. The Hall–Kier alpha value is 0.220. The zero-order valence-electron chi connectivity index (χ0n) is 10.0. The van der Waals surface area contributed by atoms with Crippen molar-refractivity contribution in [1.82, 2.24) is 15.5 Å². The Morgan fingerprint density at radius 1 is 1.38 bits per heavy atom. The van der Waals surface area contributed by atoms with Crippen LogP contribution in [-0.4, -0.2) is 34.8 Å². The lowest BCUT2D eigenvalue weighted by molar-refractivity contribution is 0.536. The molecule has 92 valence electrons. The first-order chi connectivity index (χ1) is 7.76. The number of rotatable bonds is 8. The number of hydrogen-bond donors (Lipinski definition) is 1. The maximum atomic E-state index is 4.14. The van der Waals surface area contributed by atoms with Gasteiger partial charge in [-0.3, -0.25) is 0 Å². The van der Waals surface area contributed by atoms with Gasteiger partial charge in [-0.2, -0.15) is 0 Å². The molecule has 6 heteroatoms. The van der Waals surface area contributed by atoms with Crippen molar-refractivity contribution < 1.29 is 0 Å². The van der Waals surface area contributed by atoms with Crippen molar-refractivity contribution in [3.05, 3.63) is 0 Å². The molecule has 1 N–H and O–H groups in total. The van der Waals surface area contributed by atoms with Crippen molar-refractivity contribution >= 4 is 34.9 Å². The van der Waals surface area contributed by atoms with Gasteiger partial charge in [0.2, 0.25) is 0 Å². The minimum atomic E-state index is 0.598. The molecule has 1 unspecified atom stereocenters. The monoisotopic (exact) mass is 277 g/mol. The van der Waals surface area contributed by atoms with E-state index in [-0.39, 0.29) is 0 Å². The topological polar surface area (TPSA) is 37.8 Å². The highest BCUT2D eigenvalue weighted by atomic mass is 32.2. The molecular formula is C10H19N3S3. The van der Waals surface area contributed by atoms with E-state index in [2.05, 4.69) is 29.4 Å². The highest BCUT2D eigenvalue weighted by Gasteiger charge is 2.05. The van der Waals surface area contributed by atoms with Crippen molar-refractivity contribution in [2.45, 2.75) is 41.4 Å².